The number of nitrogens with zero attached hydrogens (tertiary/aromatic N) is 1. The maximum absolute atomic E-state index is 6.26. The van der Waals surface area contributed by atoms with Crippen molar-refractivity contribution in [3.63, 3.8) is 0 Å². The van der Waals surface area contributed by atoms with Gasteiger partial charge in [0.15, 0.2) is 7.98 Å². The Labute approximate surface area is 111 Å². The molecule has 0 aromatic heterocycles. The Kier molecular flexibility index (Phi) is 4.21. The lowest BCUT2D eigenvalue weighted by Gasteiger charge is -2.32. The Morgan fingerprint density at radius 2 is 1.06 bits per heavy atom. The van der Waals surface area contributed by atoms with E-state index in [1.54, 1.807) is 0 Å². The molecule has 0 spiro atoms. The SMILES string of the molecule is [B]N([C@@H](C)c1ccccc1)[C@@H](C)c1ccccc1. The molecule has 18 heavy (non-hydrogen) atoms. The summed E-state index contributed by atoms with van der Waals surface area (Å²) in [6.07, 6.45) is 0. The van der Waals surface area contributed by atoms with Crippen molar-refractivity contribution in [2.75, 3.05) is 0 Å². The summed E-state index contributed by atoms with van der Waals surface area (Å²) in [4.78, 5) is 1.91. The monoisotopic (exact) mass is 235 g/mol. The molecule has 0 bridgehead atoms. The molecular formula is C16H18BN. The van der Waals surface area contributed by atoms with E-state index >= 15 is 0 Å². The molecular weight excluding hydrogens is 217 g/mol. The summed E-state index contributed by atoms with van der Waals surface area (Å²) >= 11 is 0. The summed E-state index contributed by atoms with van der Waals surface area (Å²) in [6.45, 7) is 4.27. The number of hydrogen-bond acceptors (Lipinski definition) is 1. The van der Waals surface area contributed by atoms with Gasteiger partial charge in [-0.1, -0.05) is 60.7 Å². The standard InChI is InChI=1S/C16H18BN/c1-13(15-9-5-3-6-10-15)18(17)14(2)16-11-7-4-8-12-16/h3-14H,1-2H3/t13-,14-/m0/s1. The van der Waals surface area contributed by atoms with Gasteiger partial charge >= 0.3 is 0 Å². The van der Waals surface area contributed by atoms with E-state index in [0.29, 0.717) is 0 Å². The highest BCUT2D eigenvalue weighted by Crippen LogP contribution is 2.27. The van der Waals surface area contributed by atoms with Gasteiger partial charge in [0.25, 0.3) is 0 Å². The van der Waals surface area contributed by atoms with Crippen molar-refractivity contribution < 1.29 is 0 Å². The third kappa shape index (κ3) is 2.83. The smallest absolute Gasteiger partial charge is 0.184 e. The van der Waals surface area contributed by atoms with Crippen molar-refractivity contribution in [3.8, 4) is 0 Å². The van der Waals surface area contributed by atoms with Crippen LogP contribution in [0.15, 0.2) is 60.7 Å². The molecule has 0 heterocycles. The van der Waals surface area contributed by atoms with Crippen molar-refractivity contribution in [1.82, 2.24) is 4.81 Å². The van der Waals surface area contributed by atoms with Crippen LogP contribution < -0.4 is 0 Å². The molecule has 0 aliphatic rings. The van der Waals surface area contributed by atoms with Gasteiger partial charge in [0.2, 0.25) is 0 Å². The summed E-state index contributed by atoms with van der Waals surface area (Å²) in [5.41, 5.74) is 2.48. The van der Waals surface area contributed by atoms with E-state index < -0.39 is 0 Å². The van der Waals surface area contributed by atoms with Crippen LogP contribution in [0.25, 0.3) is 0 Å². The van der Waals surface area contributed by atoms with Crippen LogP contribution in [0.5, 0.6) is 0 Å². The van der Waals surface area contributed by atoms with Crippen molar-refractivity contribution in [3.05, 3.63) is 71.8 Å². The second-order valence-corrected chi connectivity index (χ2v) is 4.62. The highest BCUT2D eigenvalue weighted by atomic mass is 15.1. The molecule has 0 unspecified atom stereocenters. The number of hydrogen-bond donors (Lipinski definition) is 0. The summed E-state index contributed by atoms with van der Waals surface area (Å²) in [7, 11) is 6.26. The normalized spacial score (nSPS) is 14.4. The van der Waals surface area contributed by atoms with Gasteiger partial charge in [0, 0.05) is 12.1 Å². The van der Waals surface area contributed by atoms with E-state index in [4.69, 9.17) is 7.98 Å². The van der Waals surface area contributed by atoms with E-state index in [0.717, 1.165) is 0 Å². The first-order valence-corrected chi connectivity index (χ1v) is 6.33. The lowest BCUT2D eigenvalue weighted by molar-refractivity contribution is 0.296. The highest BCUT2D eigenvalue weighted by molar-refractivity contribution is 6.04. The van der Waals surface area contributed by atoms with Crippen molar-refractivity contribution in [1.29, 1.82) is 0 Å². The van der Waals surface area contributed by atoms with E-state index in [9.17, 15) is 0 Å². The topological polar surface area (TPSA) is 3.24 Å². The average molecular weight is 235 g/mol. The third-order valence-corrected chi connectivity index (χ3v) is 3.46. The minimum Gasteiger partial charge on any atom is -0.342 e. The van der Waals surface area contributed by atoms with Gasteiger partial charge < -0.3 is 4.81 Å². The van der Waals surface area contributed by atoms with Gasteiger partial charge in [-0.05, 0) is 25.0 Å². The van der Waals surface area contributed by atoms with E-state index in [1.165, 1.54) is 11.1 Å². The molecule has 90 valence electrons. The number of rotatable bonds is 4. The predicted octanol–water partition coefficient (Wildman–Crippen LogP) is 3.89. The molecule has 0 saturated heterocycles. The van der Waals surface area contributed by atoms with Gasteiger partial charge in [-0.2, -0.15) is 0 Å². The average Bonchev–Trinajstić information content (AvgIpc) is 2.47. The Morgan fingerprint density at radius 1 is 0.722 bits per heavy atom. The van der Waals surface area contributed by atoms with E-state index in [-0.39, 0.29) is 12.1 Å². The molecule has 0 amide bonds. The predicted molar refractivity (Wildman–Crippen MR) is 77.3 cm³/mol. The highest BCUT2D eigenvalue weighted by Gasteiger charge is 2.17. The summed E-state index contributed by atoms with van der Waals surface area (Å²) in [5.74, 6) is 0. The molecule has 0 saturated carbocycles. The van der Waals surface area contributed by atoms with Crippen LogP contribution in [0.3, 0.4) is 0 Å². The van der Waals surface area contributed by atoms with Crippen LogP contribution in [0, 0.1) is 0 Å². The molecule has 0 aliphatic heterocycles. The number of benzene rings is 2. The molecule has 1 nitrogen and oxygen atoms in total. The largest absolute Gasteiger partial charge is 0.342 e. The van der Waals surface area contributed by atoms with E-state index in [1.807, 2.05) is 41.2 Å². The lowest BCUT2D eigenvalue weighted by Crippen LogP contribution is -2.27. The first-order valence-electron chi connectivity index (χ1n) is 6.33. The zero-order valence-corrected chi connectivity index (χ0v) is 11.0. The van der Waals surface area contributed by atoms with Crippen LogP contribution in [-0.4, -0.2) is 12.8 Å². The fourth-order valence-corrected chi connectivity index (χ4v) is 2.14. The summed E-state index contributed by atoms with van der Waals surface area (Å²) < 4.78 is 0. The van der Waals surface area contributed by atoms with Gasteiger partial charge in [0.1, 0.15) is 0 Å². The molecule has 2 heteroatoms. The molecule has 2 atom stereocenters. The molecule has 0 aliphatic carbocycles. The van der Waals surface area contributed by atoms with Gasteiger partial charge in [0.05, 0.1) is 0 Å². The third-order valence-electron chi connectivity index (χ3n) is 3.46. The summed E-state index contributed by atoms with van der Waals surface area (Å²) in [5, 5.41) is 0. The molecule has 2 aromatic carbocycles. The second-order valence-electron chi connectivity index (χ2n) is 4.62. The maximum atomic E-state index is 6.26. The Balaban J connectivity index is 2.14. The van der Waals surface area contributed by atoms with Gasteiger partial charge in [-0.25, -0.2) is 0 Å². The zero-order chi connectivity index (χ0) is 13.0. The molecule has 2 aromatic rings. The Bertz CT molecular complexity index is 423. The Morgan fingerprint density at radius 3 is 1.39 bits per heavy atom. The van der Waals surface area contributed by atoms with Gasteiger partial charge in [-0.15, -0.1) is 0 Å². The van der Waals surface area contributed by atoms with Gasteiger partial charge in [-0.3, -0.25) is 0 Å². The van der Waals surface area contributed by atoms with Crippen LogP contribution in [0.2, 0.25) is 0 Å². The molecule has 2 radical (unpaired) electrons. The Hall–Kier alpha value is -1.54. The van der Waals surface area contributed by atoms with Crippen LogP contribution >= 0.6 is 0 Å². The van der Waals surface area contributed by atoms with Crippen molar-refractivity contribution >= 4 is 7.98 Å². The second kappa shape index (κ2) is 5.88. The molecule has 2 rings (SSSR count). The van der Waals surface area contributed by atoms with Crippen molar-refractivity contribution in [2.24, 2.45) is 0 Å². The van der Waals surface area contributed by atoms with Crippen LogP contribution in [-0.2, 0) is 0 Å². The fourth-order valence-electron chi connectivity index (χ4n) is 2.14. The maximum Gasteiger partial charge on any atom is 0.184 e. The fraction of sp³-hybridized carbons (Fsp3) is 0.250. The first-order chi connectivity index (χ1) is 8.70. The quantitative estimate of drug-likeness (QED) is 0.726. The lowest BCUT2D eigenvalue weighted by atomic mass is 9.97. The zero-order valence-electron chi connectivity index (χ0n) is 11.0. The first kappa shape index (κ1) is 12.9. The molecule has 0 N–H and O–H groups in total. The van der Waals surface area contributed by atoms with Crippen LogP contribution in [0.4, 0.5) is 0 Å². The van der Waals surface area contributed by atoms with Crippen molar-refractivity contribution in [2.45, 2.75) is 25.9 Å². The molecule has 0 fully saturated rings. The van der Waals surface area contributed by atoms with Crippen LogP contribution in [0.1, 0.15) is 37.1 Å². The minimum atomic E-state index is 0.196. The minimum absolute atomic E-state index is 0.196. The summed E-state index contributed by atoms with van der Waals surface area (Å²) in [6, 6.07) is 21.1. The van der Waals surface area contributed by atoms with E-state index in [2.05, 4.69) is 38.1 Å².